The molecule has 7 nitrogen and oxygen atoms in total. The molecule has 0 unspecified atom stereocenters. The minimum Gasteiger partial charge on any atom is -0.382 e. The van der Waals surface area contributed by atoms with Crippen molar-refractivity contribution in [3.05, 3.63) is 53.7 Å². The Hall–Kier alpha value is -3.20. The van der Waals surface area contributed by atoms with E-state index in [9.17, 15) is 21.6 Å². The van der Waals surface area contributed by atoms with Crippen LogP contribution in [0.15, 0.2) is 47.4 Å². The van der Waals surface area contributed by atoms with Gasteiger partial charge in [-0.15, -0.1) is 0 Å². The number of aromatic nitrogens is 1. The lowest BCUT2D eigenvalue weighted by Gasteiger charge is -2.30. The molecule has 11 heteroatoms. The zero-order valence-electron chi connectivity index (χ0n) is 20.3. The minimum atomic E-state index is -4.39. The zero-order chi connectivity index (χ0) is 26.2. The molecule has 0 spiro atoms. The van der Waals surface area contributed by atoms with Crippen molar-refractivity contribution >= 4 is 32.3 Å². The summed E-state index contributed by atoms with van der Waals surface area (Å²) in [6, 6.07) is 12.3. The fourth-order valence-corrected chi connectivity index (χ4v) is 6.08. The Balaban J connectivity index is 1.37. The van der Waals surface area contributed by atoms with E-state index in [0.29, 0.717) is 16.8 Å². The van der Waals surface area contributed by atoms with Crippen LogP contribution in [0.1, 0.15) is 24.1 Å². The highest BCUT2D eigenvalue weighted by Crippen LogP contribution is 2.31. The highest BCUT2D eigenvalue weighted by atomic mass is 32.2. The summed E-state index contributed by atoms with van der Waals surface area (Å²) in [6.45, 7) is 1.24. The first kappa shape index (κ1) is 25.4. The number of piperidine rings is 1. The fraction of sp³-hybridized carbons (Fsp3) is 0.385. The van der Waals surface area contributed by atoms with Crippen molar-refractivity contribution in [1.82, 2.24) is 14.2 Å². The number of hydrogen-bond donors (Lipinski definition) is 3. The number of sulfonamides is 1. The molecule has 1 saturated heterocycles. The zero-order valence-corrected chi connectivity index (χ0v) is 21.1. The minimum absolute atomic E-state index is 0.188. The van der Waals surface area contributed by atoms with Gasteiger partial charge in [-0.3, -0.25) is 0 Å². The SMILES string of the molecule is CN1CCC(Nc2cccc3c2cc(C#CCNc2ccc4c(c2)CNS4(=O)=O)n3CC(F)(F)F)CC1. The van der Waals surface area contributed by atoms with E-state index in [4.69, 9.17) is 0 Å². The smallest absolute Gasteiger partial charge is 0.382 e. The molecule has 5 rings (SSSR count). The predicted octanol–water partition coefficient (Wildman–Crippen LogP) is 3.97. The van der Waals surface area contributed by atoms with Crippen LogP contribution in [-0.2, 0) is 23.1 Å². The third kappa shape index (κ3) is 5.71. The third-order valence-electron chi connectivity index (χ3n) is 6.76. The quantitative estimate of drug-likeness (QED) is 0.435. The van der Waals surface area contributed by atoms with Gasteiger partial charge in [0.05, 0.1) is 22.7 Å². The number of hydrogen-bond acceptors (Lipinski definition) is 5. The van der Waals surface area contributed by atoms with E-state index in [1.54, 1.807) is 30.3 Å². The van der Waals surface area contributed by atoms with E-state index in [0.717, 1.165) is 37.0 Å². The topological polar surface area (TPSA) is 78.4 Å². The van der Waals surface area contributed by atoms with Gasteiger partial charge in [-0.2, -0.15) is 13.2 Å². The highest BCUT2D eigenvalue weighted by molar-refractivity contribution is 7.89. The number of anilines is 2. The number of nitrogens with one attached hydrogen (secondary N) is 3. The van der Waals surface area contributed by atoms with Crippen LogP contribution in [-0.4, -0.2) is 56.8 Å². The molecule has 0 bridgehead atoms. The predicted molar refractivity (Wildman–Crippen MR) is 138 cm³/mol. The number of nitrogens with zero attached hydrogens (tertiary/aromatic N) is 2. The maximum Gasteiger partial charge on any atom is 0.406 e. The molecule has 0 radical (unpaired) electrons. The Bertz CT molecular complexity index is 1480. The van der Waals surface area contributed by atoms with Crippen molar-refractivity contribution in [2.45, 2.75) is 43.0 Å². The van der Waals surface area contributed by atoms with Crippen LogP contribution in [0.2, 0.25) is 0 Å². The number of likely N-dealkylation sites (tertiary alicyclic amines) is 1. The van der Waals surface area contributed by atoms with Gasteiger partial charge in [0.1, 0.15) is 6.54 Å². The number of alkyl halides is 3. The van der Waals surface area contributed by atoms with Gasteiger partial charge in [0.25, 0.3) is 0 Å². The lowest BCUT2D eigenvalue weighted by atomic mass is 10.0. The van der Waals surface area contributed by atoms with Gasteiger partial charge in [0, 0.05) is 29.3 Å². The number of benzene rings is 2. The fourth-order valence-electron chi connectivity index (χ4n) is 4.86. The van der Waals surface area contributed by atoms with E-state index >= 15 is 0 Å². The van der Waals surface area contributed by atoms with Crippen LogP contribution >= 0.6 is 0 Å². The van der Waals surface area contributed by atoms with Gasteiger partial charge in [0.15, 0.2) is 0 Å². The number of halogens is 3. The highest BCUT2D eigenvalue weighted by Gasteiger charge is 2.30. The van der Waals surface area contributed by atoms with Crippen LogP contribution in [0.5, 0.6) is 0 Å². The average Bonchev–Trinajstić information content (AvgIpc) is 3.34. The van der Waals surface area contributed by atoms with Crippen molar-refractivity contribution in [3.8, 4) is 11.8 Å². The second-order valence-corrected chi connectivity index (χ2v) is 11.2. The van der Waals surface area contributed by atoms with Crippen LogP contribution in [0.25, 0.3) is 10.9 Å². The van der Waals surface area contributed by atoms with E-state index < -0.39 is 22.7 Å². The Morgan fingerprint density at radius 1 is 1.14 bits per heavy atom. The molecule has 1 aromatic heterocycles. The van der Waals surface area contributed by atoms with Gasteiger partial charge in [-0.1, -0.05) is 12.0 Å². The molecule has 0 saturated carbocycles. The Morgan fingerprint density at radius 2 is 1.92 bits per heavy atom. The Kier molecular flexibility index (Phi) is 6.83. The summed E-state index contributed by atoms with van der Waals surface area (Å²) in [4.78, 5) is 2.52. The third-order valence-corrected chi connectivity index (χ3v) is 8.26. The van der Waals surface area contributed by atoms with Gasteiger partial charge < -0.3 is 20.1 Å². The summed E-state index contributed by atoms with van der Waals surface area (Å²) < 4.78 is 67.8. The van der Waals surface area contributed by atoms with Crippen LogP contribution in [0, 0.1) is 11.8 Å². The lowest BCUT2D eigenvalue weighted by molar-refractivity contribution is -0.140. The van der Waals surface area contributed by atoms with Crippen LogP contribution in [0.4, 0.5) is 24.5 Å². The molecule has 2 aliphatic rings. The molecular formula is C26H28F3N5O2S. The molecule has 37 heavy (non-hydrogen) atoms. The summed E-state index contributed by atoms with van der Waals surface area (Å²) in [5, 5.41) is 7.35. The molecule has 0 aliphatic carbocycles. The summed E-state index contributed by atoms with van der Waals surface area (Å²) in [5.41, 5.74) is 2.94. The molecule has 196 valence electrons. The van der Waals surface area contributed by atoms with E-state index in [-0.39, 0.29) is 29.7 Å². The normalized spacial score (nSPS) is 17.8. The Labute approximate surface area is 214 Å². The lowest BCUT2D eigenvalue weighted by Crippen LogP contribution is -2.36. The Morgan fingerprint density at radius 3 is 2.68 bits per heavy atom. The van der Waals surface area contributed by atoms with Crippen LogP contribution < -0.4 is 15.4 Å². The number of rotatable bonds is 5. The van der Waals surface area contributed by atoms with Crippen molar-refractivity contribution in [2.75, 3.05) is 37.3 Å². The van der Waals surface area contributed by atoms with Crippen molar-refractivity contribution in [2.24, 2.45) is 0 Å². The maximum absolute atomic E-state index is 13.5. The van der Waals surface area contributed by atoms with Crippen molar-refractivity contribution < 1.29 is 21.6 Å². The van der Waals surface area contributed by atoms with Gasteiger partial charge in [0.2, 0.25) is 10.0 Å². The molecule has 2 aliphatic heterocycles. The largest absolute Gasteiger partial charge is 0.406 e. The second kappa shape index (κ2) is 9.93. The van der Waals surface area contributed by atoms with Crippen LogP contribution in [0.3, 0.4) is 0 Å². The average molecular weight is 532 g/mol. The molecule has 2 aromatic carbocycles. The first-order valence-corrected chi connectivity index (χ1v) is 13.6. The van der Waals surface area contributed by atoms with Gasteiger partial charge >= 0.3 is 6.18 Å². The maximum atomic E-state index is 13.5. The molecule has 3 N–H and O–H groups in total. The standard InChI is InChI=1S/C26H28F3N5O2S/c1-33-12-9-19(10-13-33)32-23-5-2-6-24-22(23)15-21(34(24)17-26(27,28)29)4-3-11-30-20-7-8-25-18(14-20)16-31-37(25,35)36/h2,5-8,14-15,19,30-32H,9-13,16-17H2,1H3. The van der Waals surface area contributed by atoms with E-state index in [1.807, 2.05) is 6.07 Å². The molecule has 0 atom stereocenters. The van der Waals surface area contributed by atoms with E-state index in [1.165, 1.54) is 10.6 Å². The second-order valence-electron chi connectivity index (χ2n) is 9.49. The first-order chi connectivity index (χ1) is 17.6. The summed E-state index contributed by atoms with van der Waals surface area (Å²) in [7, 11) is -1.36. The van der Waals surface area contributed by atoms with Crippen molar-refractivity contribution in [1.29, 1.82) is 0 Å². The number of fused-ring (bicyclic) bond motifs is 2. The van der Waals surface area contributed by atoms with Gasteiger partial charge in [-0.05, 0) is 80.9 Å². The molecule has 0 amide bonds. The summed E-state index contributed by atoms with van der Waals surface area (Å²) in [5.74, 6) is 5.82. The first-order valence-electron chi connectivity index (χ1n) is 12.1. The monoisotopic (exact) mass is 531 g/mol. The van der Waals surface area contributed by atoms with E-state index in [2.05, 4.69) is 39.1 Å². The summed E-state index contributed by atoms with van der Waals surface area (Å²) in [6.07, 6.45) is -2.45. The molecule has 1 fully saturated rings. The molecular weight excluding hydrogens is 503 g/mol. The molecule has 3 heterocycles. The summed E-state index contributed by atoms with van der Waals surface area (Å²) >= 11 is 0. The van der Waals surface area contributed by atoms with Crippen molar-refractivity contribution in [3.63, 3.8) is 0 Å². The molecule has 3 aromatic rings. The van der Waals surface area contributed by atoms with Gasteiger partial charge in [-0.25, -0.2) is 13.1 Å².